The number of hydrogen-bond donors (Lipinski definition) is 0. The number of halogens is 2. The molecule has 0 saturated heterocycles. The van der Waals surface area contributed by atoms with Gasteiger partial charge in [-0.25, -0.2) is 4.98 Å². The third kappa shape index (κ3) is 4.37. The number of nitrogens with zero attached hydrogens (tertiary/aromatic N) is 3. The summed E-state index contributed by atoms with van der Waals surface area (Å²) in [6.45, 7) is 9.35. The molecule has 0 radical (unpaired) electrons. The number of carbonyl (C=O) groups excluding carboxylic acids is 1. The average molecular weight is 471 g/mol. The van der Waals surface area contributed by atoms with Gasteiger partial charge in [0.1, 0.15) is 0 Å². The number of aryl methyl sites for hydroxylation is 1. The number of thiazole rings is 1. The summed E-state index contributed by atoms with van der Waals surface area (Å²) in [6, 6.07) is 7.20. The van der Waals surface area contributed by atoms with Crippen LogP contribution in [0.2, 0.25) is 5.02 Å². The summed E-state index contributed by atoms with van der Waals surface area (Å²) in [5, 5.41) is 1.28. The number of hydrogen-bond acceptors (Lipinski definition) is 5. The Hall–Kier alpha value is -1.41. The second kappa shape index (κ2) is 8.73. The van der Waals surface area contributed by atoms with Crippen LogP contribution in [0.3, 0.4) is 0 Å². The number of amides is 1. The molecule has 1 amide bonds. The first kappa shape index (κ1) is 20.3. The van der Waals surface area contributed by atoms with Crippen LogP contribution < -0.4 is 4.90 Å². The van der Waals surface area contributed by atoms with Crippen LogP contribution in [-0.2, 0) is 0 Å². The van der Waals surface area contributed by atoms with Crippen molar-refractivity contribution >= 4 is 60.1 Å². The lowest BCUT2D eigenvalue weighted by atomic mass is 10.2. The van der Waals surface area contributed by atoms with Crippen LogP contribution in [0.15, 0.2) is 33.4 Å². The summed E-state index contributed by atoms with van der Waals surface area (Å²) in [5.74, 6) is 0.0733. The summed E-state index contributed by atoms with van der Waals surface area (Å²) in [7, 11) is 0. The van der Waals surface area contributed by atoms with Gasteiger partial charge in [0.05, 0.1) is 15.2 Å². The third-order valence-electron chi connectivity index (χ3n) is 4.48. The van der Waals surface area contributed by atoms with E-state index >= 15 is 0 Å². The predicted octanol–water partition coefficient (Wildman–Crippen LogP) is 5.60. The molecule has 0 aliphatic rings. The van der Waals surface area contributed by atoms with E-state index in [-0.39, 0.29) is 11.7 Å². The Balaban J connectivity index is 1.99. The number of likely N-dealkylation sites (N-methyl/N-ethyl adjacent to an activating group) is 1. The molecule has 0 bridgehead atoms. The average Bonchev–Trinajstić information content (AvgIpc) is 3.29. The first-order chi connectivity index (χ1) is 12.9. The van der Waals surface area contributed by atoms with Crippen LogP contribution in [0.5, 0.6) is 0 Å². The van der Waals surface area contributed by atoms with Gasteiger partial charge in [0.15, 0.2) is 15.6 Å². The zero-order valence-corrected chi connectivity index (χ0v) is 18.6. The maximum Gasteiger partial charge on any atom is 0.295 e. The molecule has 27 heavy (non-hydrogen) atoms. The van der Waals surface area contributed by atoms with E-state index in [1.165, 1.54) is 11.3 Å². The molecule has 1 aromatic carbocycles. The van der Waals surface area contributed by atoms with Gasteiger partial charge in [0.25, 0.3) is 5.91 Å². The highest BCUT2D eigenvalue weighted by atomic mass is 79.9. The highest BCUT2D eigenvalue weighted by molar-refractivity contribution is 9.10. The number of furan rings is 1. The van der Waals surface area contributed by atoms with Crippen molar-refractivity contribution in [1.29, 1.82) is 0 Å². The zero-order valence-electron chi connectivity index (χ0n) is 15.5. The van der Waals surface area contributed by atoms with E-state index in [4.69, 9.17) is 21.0 Å². The summed E-state index contributed by atoms with van der Waals surface area (Å²) < 4.78 is 6.91. The third-order valence-corrected chi connectivity index (χ3v) is 6.45. The van der Waals surface area contributed by atoms with Crippen LogP contribution in [0.1, 0.15) is 30.0 Å². The largest absolute Gasteiger partial charge is 0.444 e. The second-order valence-electron chi connectivity index (χ2n) is 6.13. The lowest BCUT2D eigenvalue weighted by Gasteiger charge is -2.24. The fourth-order valence-corrected chi connectivity index (χ4v) is 4.48. The molecular formula is C19H21BrClN3O2S. The van der Waals surface area contributed by atoms with Crippen molar-refractivity contribution in [3.05, 3.63) is 45.3 Å². The Kier molecular flexibility index (Phi) is 6.57. The molecule has 0 saturated carbocycles. The molecular weight excluding hydrogens is 450 g/mol. The molecule has 3 aromatic rings. The Morgan fingerprint density at radius 1 is 1.22 bits per heavy atom. The van der Waals surface area contributed by atoms with E-state index in [1.54, 1.807) is 17.0 Å². The van der Waals surface area contributed by atoms with Gasteiger partial charge in [-0.1, -0.05) is 42.9 Å². The number of rotatable bonds is 7. The Labute approximate surface area is 176 Å². The molecule has 3 rings (SSSR count). The van der Waals surface area contributed by atoms with Crippen LogP contribution in [0, 0.1) is 6.92 Å². The van der Waals surface area contributed by atoms with Crippen molar-refractivity contribution in [2.45, 2.75) is 20.8 Å². The topological polar surface area (TPSA) is 49.6 Å². The SMILES string of the molecule is CCN(CC)CCN(C(=O)c1ccc(Br)o1)c1nc2c(C)ccc(Cl)c2s1. The number of benzene rings is 1. The van der Waals surface area contributed by atoms with E-state index in [9.17, 15) is 4.79 Å². The van der Waals surface area contributed by atoms with Crippen LogP contribution >= 0.6 is 38.9 Å². The second-order valence-corrected chi connectivity index (χ2v) is 8.29. The van der Waals surface area contributed by atoms with E-state index in [0.29, 0.717) is 21.4 Å². The summed E-state index contributed by atoms with van der Waals surface area (Å²) in [4.78, 5) is 21.8. The lowest BCUT2D eigenvalue weighted by Crippen LogP contribution is -2.38. The van der Waals surface area contributed by atoms with Gasteiger partial charge in [-0.2, -0.15) is 0 Å². The van der Waals surface area contributed by atoms with Crippen molar-refractivity contribution in [1.82, 2.24) is 9.88 Å². The van der Waals surface area contributed by atoms with Crippen molar-refractivity contribution in [2.75, 3.05) is 31.1 Å². The molecule has 2 aromatic heterocycles. The molecule has 0 spiro atoms. The van der Waals surface area contributed by atoms with Crippen LogP contribution in [-0.4, -0.2) is 42.0 Å². The summed E-state index contributed by atoms with van der Waals surface area (Å²) in [5.41, 5.74) is 1.87. The van der Waals surface area contributed by atoms with Crippen LogP contribution in [0.25, 0.3) is 10.2 Å². The van der Waals surface area contributed by atoms with Crippen LogP contribution in [0.4, 0.5) is 5.13 Å². The smallest absolute Gasteiger partial charge is 0.295 e. The monoisotopic (exact) mass is 469 g/mol. The number of anilines is 1. The number of fused-ring (bicyclic) bond motifs is 1. The van der Waals surface area contributed by atoms with Gasteiger partial charge < -0.3 is 9.32 Å². The number of carbonyl (C=O) groups is 1. The van der Waals surface area contributed by atoms with E-state index < -0.39 is 0 Å². The molecule has 144 valence electrons. The summed E-state index contributed by atoms with van der Waals surface area (Å²) in [6.07, 6.45) is 0. The highest BCUT2D eigenvalue weighted by Crippen LogP contribution is 2.36. The molecule has 0 atom stereocenters. The quantitative estimate of drug-likeness (QED) is 0.451. The maximum atomic E-state index is 13.1. The molecule has 0 fully saturated rings. The molecule has 0 N–H and O–H groups in total. The van der Waals surface area contributed by atoms with Gasteiger partial charge >= 0.3 is 0 Å². The Bertz CT molecular complexity index is 913. The van der Waals surface area contributed by atoms with E-state index in [2.05, 4.69) is 34.7 Å². The van der Waals surface area contributed by atoms with E-state index in [1.807, 2.05) is 19.1 Å². The van der Waals surface area contributed by atoms with Gasteiger partial charge in [0, 0.05) is 13.1 Å². The molecule has 0 aliphatic carbocycles. The standard InChI is InChI=1S/C19H21BrClN3O2S/c1-4-23(5-2)10-11-24(18(25)14-8-9-15(20)26-14)19-22-16-12(3)6-7-13(21)17(16)27-19/h6-9H,4-5,10-11H2,1-3H3. The Morgan fingerprint density at radius 2 is 1.96 bits per heavy atom. The minimum absolute atomic E-state index is 0.208. The normalized spacial score (nSPS) is 11.5. The molecule has 8 heteroatoms. The zero-order chi connectivity index (χ0) is 19.6. The van der Waals surface area contributed by atoms with Gasteiger partial charge in [-0.15, -0.1) is 0 Å². The maximum absolute atomic E-state index is 13.1. The molecule has 5 nitrogen and oxygen atoms in total. The van der Waals surface area contributed by atoms with Crippen molar-refractivity contribution < 1.29 is 9.21 Å². The first-order valence-corrected chi connectivity index (χ1v) is 10.8. The Morgan fingerprint density at radius 3 is 2.56 bits per heavy atom. The van der Waals surface area contributed by atoms with Crippen molar-refractivity contribution in [2.24, 2.45) is 0 Å². The van der Waals surface area contributed by atoms with Crippen molar-refractivity contribution in [3.63, 3.8) is 0 Å². The minimum atomic E-state index is -0.208. The first-order valence-electron chi connectivity index (χ1n) is 8.79. The molecule has 0 unspecified atom stereocenters. The van der Waals surface area contributed by atoms with Crippen molar-refractivity contribution in [3.8, 4) is 0 Å². The van der Waals surface area contributed by atoms with E-state index in [0.717, 1.165) is 35.4 Å². The lowest BCUT2D eigenvalue weighted by molar-refractivity contribution is 0.0956. The summed E-state index contributed by atoms with van der Waals surface area (Å²) >= 11 is 11.0. The highest BCUT2D eigenvalue weighted by Gasteiger charge is 2.25. The van der Waals surface area contributed by atoms with Gasteiger partial charge in [0.2, 0.25) is 0 Å². The van der Waals surface area contributed by atoms with Gasteiger partial charge in [-0.3, -0.25) is 9.69 Å². The number of aromatic nitrogens is 1. The van der Waals surface area contributed by atoms with Gasteiger partial charge in [-0.05, 0) is 59.7 Å². The molecule has 2 heterocycles. The minimum Gasteiger partial charge on any atom is -0.444 e. The fourth-order valence-electron chi connectivity index (χ4n) is 2.83. The fraction of sp³-hybridized carbons (Fsp3) is 0.368. The predicted molar refractivity (Wildman–Crippen MR) is 115 cm³/mol. The molecule has 0 aliphatic heterocycles.